The quantitative estimate of drug-likeness (QED) is 0.396. The van der Waals surface area contributed by atoms with Crippen molar-refractivity contribution in [1.29, 1.82) is 0 Å². The van der Waals surface area contributed by atoms with Gasteiger partial charge in [0.05, 0.1) is 0 Å². The summed E-state index contributed by atoms with van der Waals surface area (Å²) < 4.78 is 0.907. The standard InChI is InChI=1S/C24H19BrN2O3/c1-16(28)18-9-13-21(14-10-18)26-24(30)22(15-17-7-11-20(25)12-8-17)27-23(29)19-5-3-2-4-6-19/h2-15H,1H3,(H,26,30)(H,27,29)/b22-15-. The lowest BCUT2D eigenvalue weighted by Crippen LogP contribution is -2.30. The van der Waals surface area contributed by atoms with Crippen LogP contribution in [0.25, 0.3) is 6.08 Å². The Bertz CT molecular complexity index is 1090. The summed E-state index contributed by atoms with van der Waals surface area (Å²) in [6.07, 6.45) is 1.60. The summed E-state index contributed by atoms with van der Waals surface area (Å²) in [7, 11) is 0. The van der Waals surface area contributed by atoms with E-state index >= 15 is 0 Å². The van der Waals surface area contributed by atoms with Crippen molar-refractivity contribution in [3.63, 3.8) is 0 Å². The van der Waals surface area contributed by atoms with Crippen LogP contribution in [-0.2, 0) is 4.79 Å². The van der Waals surface area contributed by atoms with Gasteiger partial charge >= 0.3 is 0 Å². The molecule has 0 atom stereocenters. The average Bonchev–Trinajstić information content (AvgIpc) is 2.75. The molecule has 150 valence electrons. The number of amides is 2. The molecule has 2 amide bonds. The number of ketones is 1. The summed E-state index contributed by atoms with van der Waals surface area (Å²) in [5.74, 6) is -0.919. The SMILES string of the molecule is CC(=O)c1ccc(NC(=O)/C(=C/c2ccc(Br)cc2)NC(=O)c2ccccc2)cc1. The van der Waals surface area contributed by atoms with Crippen LogP contribution in [0.2, 0.25) is 0 Å². The first-order valence-corrected chi connectivity index (χ1v) is 9.98. The predicted octanol–water partition coefficient (Wildman–Crippen LogP) is 5.06. The van der Waals surface area contributed by atoms with Gasteiger partial charge < -0.3 is 10.6 Å². The number of Topliss-reactive ketones (excluding diaryl/α,β-unsaturated/α-hetero) is 1. The van der Waals surface area contributed by atoms with E-state index in [1.807, 2.05) is 30.3 Å². The molecular weight excluding hydrogens is 444 g/mol. The van der Waals surface area contributed by atoms with Crippen molar-refractivity contribution in [3.8, 4) is 0 Å². The van der Waals surface area contributed by atoms with E-state index in [9.17, 15) is 14.4 Å². The summed E-state index contributed by atoms with van der Waals surface area (Å²) in [5, 5.41) is 5.44. The molecule has 3 aromatic carbocycles. The number of benzene rings is 3. The monoisotopic (exact) mass is 462 g/mol. The fourth-order valence-electron chi connectivity index (χ4n) is 2.65. The fraction of sp³-hybridized carbons (Fsp3) is 0.0417. The van der Waals surface area contributed by atoms with E-state index < -0.39 is 5.91 Å². The highest BCUT2D eigenvalue weighted by molar-refractivity contribution is 9.10. The van der Waals surface area contributed by atoms with Crippen molar-refractivity contribution in [2.45, 2.75) is 6.92 Å². The third kappa shape index (κ3) is 5.75. The van der Waals surface area contributed by atoms with Gasteiger partial charge in [0.25, 0.3) is 11.8 Å². The van der Waals surface area contributed by atoms with Crippen LogP contribution in [0.4, 0.5) is 5.69 Å². The first kappa shape index (κ1) is 21.2. The zero-order valence-electron chi connectivity index (χ0n) is 16.2. The minimum absolute atomic E-state index is 0.0566. The summed E-state index contributed by atoms with van der Waals surface area (Å²) >= 11 is 3.38. The van der Waals surface area contributed by atoms with Crippen molar-refractivity contribution in [2.24, 2.45) is 0 Å². The van der Waals surface area contributed by atoms with Crippen molar-refractivity contribution in [1.82, 2.24) is 5.32 Å². The van der Waals surface area contributed by atoms with Crippen LogP contribution in [0.5, 0.6) is 0 Å². The summed E-state index contributed by atoms with van der Waals surface area (Å²) in [5.41, 5.74) is 2.36. The third-order valence-corrected chi connectivity index (χ3v) is 4.79. The molecule has 0 heterocycles. The summed E-state index contributed by atoms with van der Waals surface area (Å²) in [4.78, 5) is 36.9. The topological polar surface area (TPSA) is 75.3 Å². The van der Waals surface area contributed by atoms with Crippen LogP contribution in [0.15, 0.2) is 89.0 Å². The zero-order valence-corrected chi connectivity index (χ0v) is 17.8. The number of hydrogen-bond donors (Lipinski definition) is 2. The molecular formula is C24H19BrN2O3. The number of carbonyl (C=O) groups is 3. The number of rotatable bonds is 6. The number of carbonyl (C=O) groups excluding carboxylic acids is 3. The lowest BCUT2D eigenvalue weighted by Gasteiger charge is -2.12. The van der Waals surface area contributed by atoms with Crippen LogP contribution in [-0.4, -0.2) is 17.6 Å². The Morgan fingerprint density at radius 1 is 0.800 bits per heavy atom. The highest BCUT2D eigenvalue weighted by atomic mass is 79.9. The van der Waals surface area contributed by atoms with Crippen molar-refractivity contribution < 1.29 is 14.4 Å². The molecule has 3 rings (SSSR count). The van der Waals surface area contributed by atoms with Gasteiger partial charge in [-0.2, -0.15) is 0 Å². The first-order valence-electron chi connectivity index (χ1n) is 9.18. The highest BCUT2D eigenvalue weighted by Gasteiger charge is 2.15. The van der Waals surface area contributed by atoms with Crippen LogP contribution >= 0.6 is 15.9 Å². The maximum Gasteiger partial charge on any atom is 0.272 e. The molecule has 0 saturated heterocycles. The van der Waals surface area contributed by atoms with Crippen molar-refractivity contribution in [2.75, 3.05) is 5.32 Å². The molecule has 0 radical (unpaired) electrons. The molecule has 30 heavy (non-hydrogen) atoms. The maximum absolute atomic E-state index is 12.9. The molecule has 0 spiro atoms. The van der Waals surface area contributed by atoms with E-state index in [2.05, 4.69) is 26.6 Å². The van der Waals surface area contributed by atoms with Gasteiger partial charge in [-0.05, 0) is 67.1 Å². The van der Waals surface area contributed by atoms with Gasteiger partial charge in [-0.25, -0.2) is 0 Å². The lowest BCUT2D eigenvalue weighted by atomic mass is 10.1. The minimum Gasteiger partial charge on any atom is -0.321 e. The maximum atomic E-state index is 12.9. The molecule has 3 aromatic rings. The summed E-state index contributed by atoms with van der Waals surface area (Å²) in [6, 6.07) is 22.6. The van der Waals surface area contributed by atoms with Crippen LogP contribution < -0.4 is 10.6 Å². The molecule has 0 aliphatic carbocycles. The fourth-order valence-corrected chi connectivity index (χ4v) is 2.92. The van der Waals surface area contributed by atoms with Crippen molar-refractivity contribution >= 4 is 45.3 Å². The Balaban J connectivity index is 1.85. The second-order valence-corrected chi connectivity index (χ2v) is 7.43. The lowest BCUT2D eigenvalue weighted by molar-refractivity contribution is -0.113. The van der Waals surface area contributed by atoms with E-state index in [0.717, 1.165) is 10.0 Å². The second kappa shape index (κ2) is 9.80. The Kier molecular flexibility index (Phi) is 6.93. The first-order chi connectivity index (χ1) is 14.4. The molecule has 2 N–H and O–H groups in total. The Morgan fingerprint density at radius 3 is 2.03 bits per heavy atom. The molecule has 0 aromatic heterocycles. The molecule has 0 aliphatic rings. The number of halogens is 1. The zero-order chi connectivity index (χ0) is 21.5. The highest BCUT2D eigenvalue weighted by Crippen LogP contribution is 2.15. The summed E-state index contributed by atoms with van der Waals surface area (Å²) in [6.45, 7) is 1.48. The number of anilines is 1. The minimum atomic E-state index is -0.474. The van der Waals surface area contributed by atoms with Gasteiger partial charge in [0.1, 0.15) is 5.70 Å². The van der Waals surface area contributed by atoms with Gasteiger partial charge in [-0.3, -0.25) is 14.4 Å². The van der Waals surface area contributed by atoms with E-state index in [1.165, 1.54) is 6.92 Å². The Morgan fingerprint density at radius 2 is 1.43 bits per heavy atom. The van der Waals surface area contributed by atoms with E-state index in [-0.39, 0.29) is 17.4 Å². The van der Waals surface area contributed by atoms with Crippen LogP contribution in [0.1, 0.15) is 33.2 Å². The molecule has 6 heteroatoms. The Labute approximate surface area is 182 Å². The molecule has 0 unspecified atom stereocenters. The van der Waals surface area contributed by atoms with Crippen LogP contribution in [0.3, 0.4) is 0 Å². The molecule has 0 saturated carbocycles. The van der Waals surface area contributed by atoms with E-state index in [1.54, 1.807) is 54.6 Å². The van der Waals surface area contributed by atoms with E-state index in [4.69, 9.17) is 0 Å². The van der Waals surface area contributed by atoms with Crippen LogP contribution in [0, 0.1) is 0 Å². The number of nitrogens with one attached hydrogen (secondary N) is 2. The normalized spacial score (nSPS) is 10.9. The predicted molar refractivity (Wildman–Crippen MR) is 121 cm³/mol. The van der Waals surface area contributed by atoms with Gasteiger partial charge in [0.2, 0.25) is 0 Å². The van der Waals surface area contributed by atoms with Gasteiger partial charge in [-0.1, -0.05) is 46.3 Å². The molecule has 0 bridgehead atoms. The smallest absolute Gasteiger partial charge is 0.272 e. The molecule has 5 nitrogen and oxygen atoms in total. The van der Waals surface area contributed by atoms with E-state index in [0.29, 0.717) is 16.8 Å². The van der Waals surface area contributed by atoms with Gasteiger partial charge in [-0.15, -0.1) is 0 Å². The third-order valence-electron chi connectivity index (χ3n) is 4.26. The van der Waals surface area contributed by atoms with Crippen molar-refractivity contribution in [3.05, 3.63) is 106 Å². The number of hydrogen-bond acceptors (Lipinski definition) is 3. The largest absolute Gasteiger partial charge is 0.321 e. The second-order valence-electron chi connectivity index (χ2n) is 6.52. The molecule has 0 fully saturated rings. The Hall–Kier alpha value is -3.51. The average molecular weight is 463 g/mol. The molecule has 0 aliphatic heterocycles. The van der Waals surface area contributed by atoms with Gasteiger partial charge in [0.15, 0.2) is 5.78 Å². The van der Waals surface area contributed by atoms with Gasteiger partial charge in [0, 0.05) is 21.3 Å².